The number of carbonyl (C=O) groups is 1. The summed E-state index contributed by atoms with van der Waals surface area (Å²) in [4.78, 5) is 10.6. The summed E-state index contributed by atoms with van der Waals surface area (Å²) in [7, 11) is -3.76. The normalized spacial score (nSPS) is 11.2. The molecule has 0 heterocycles. The summed E-state index contributed by atoms with van der Waals surface area (Å²) in [6.45, 7) is 2.95. The van der Waals surface area contributed by atoms with Gasteiger partial charge in [0.2, 0.25) is 10.0 Å². The summed E-state index contributed by atoms with van der Waals surface area (Å²) >= 11 is 0. The van der Waals surface area contributed by atoms with Crippen LogP contribution in [0.1, 0.15) is 11.1 Å². The Morgan fingerprint density at radius 1 is 1.29 bits per heavy atom. The Labute approximate surface area is 99.6 Å². The fraction of sp³-hybridized carbons (Fsp3) is 0.300. The van der Waals surface area contributed by atoms with Gasteiger partial charge < -0.3 is 10.5 Å². The molecule has 17 heavy (non-hydrogen) atoms. The molecule has 0 atom stereocenters. The van der Waals surface area contributed by atoms with Gasteiger partial charge >= 0.3 is 0 Å². The van der Waals surface area contributed by atoms with E-state index < -0.39 is 15.9 Å². The maximum Gasteiger partial charge on any atom is 0.255 e. The molecule has 7 heteroatoms. The highest BCUT2D eigenvalue weighted by molar-refractivity contribution is 7.89. The largest absolute Gasteiger partial charge is 0.484 e. The van der Waals surface area contributed by atoms with Crippen molar-refractivity contribution in [2.75, 3.05) is 6.61 Å². The maximum absolute atomic E-state index is 11.3. The third-order valence-corrected chi connectivity index (χ3v) is 3.31. The number of carbonyl (C=O) groups excluding carboxylic acids is 1. The van der Waals surface area contributed by atoms with Gasteiger partial charge in [-0.15, -0.1) is 0 Å². The number of aryl methyl sites for hydroxylation is 2. The fourth-order valence-electron chi connectivity index (χ4n) is 1.60. The average Bonchev–Trinajstić information content (AvgIpc) is 2.11. The molecule has 4 N–H and O–H groups in total. The first-order chi connectivity index (χ1) is 7.71. The van der Waals surface area contributed by atoms with Crippen LogP contribution in [-0.4, -0.2) is 20.9 Å². The molecule has 1 aromatic carbocycles. The number of ether oxygens (including phenoxy) is 1. The Bertz CT molecular complexity index is 528. The van der Waals surface area contributed by atoms with Crippen molar-refractivity contribution in [3.8, 4) is 5.75 Å². The second-order valence-electron chi connectivity index (χ2n) is 3.69. The zero-order chi connectivity index (χ0) is 13.2. The summed E-state index contributed by atoms with van der Waals surface area (Å²) in [6.07, 6.45) is 0. The summed E-state index contributed by atoms with van der Waals surface area (Å²) < 4.78 is 27.7. The molecule has 1 rings (SSSR count). The predicted octanol–water partition coefficient (Wildman–Crippen LogP) is -0.185. The molecule has 0 aromatic heterocycles. The van der Waals surface area contributed by atoms with E-state index in [9.17, 15) is 13.2 Å². The highest BCUT2D eigenvalue weighted by atomic mass is 32.2. The third kappa shape index (κ3) is 3.43. The smallest absolute Gasteiger partial charge is 0.255 e. The van der Waals surface area contributed by atoms with E-state index in [1.807, 2.05) is 0 Å². The molecule has 0 saturated carbocycles. The van der Waals surface area contributed by atoms with Crippen molar-refractivity contribution >= 4 is 15.9 Å². The van der Waals surface area contributed by atoms with Gasteiger partial charge in [-0.1, -0.05) is 0 Å². The topological polar surface area (TPSA) is 112 Å². The lowest BCUT2D eigenvalue weighted by Crippen LogP contribution is -2.20. The highest BCUT2D eigenvalue weighted by Crippen LogP contribution is 2.24. The predicted molar refractivity (Wildman–Crippen MR) is 62.0 cm³/mol. The van der Waals surface area contributed by atoms with E-state index in [0.717, 1.165) is 0 Å². The Morgan fingerprint density at radius 3 is 2.12 bits per heavy atom. The first-order valence-corrected chi connectivity index (χ1v) is 6.31. The van der Waals surface area contributed by atoms with Crippen LogP contribution in [0, 0.1) is 13.8 Å². The lowest BCUT2D eigenvalue weighted by molar-refractivity contribution is -0.119. The minimum Gasteiger partial charge on any atom is -0.484 e. The van der Waals surface area contributed by atoms with Gasteiger partial charge in [-0.2, -0.15) is 0 Å². The summed E-state index contributed by atoms with van der Waals surface area (Å²) in [5, 5.41) is 5.09. The Kier molecular flexibility index (Phi) is 3.74. The highest BCUT2D eigenvalue weighted by Gasteiger charge is 2.16. The van der Waals surface area contributed by atoms with Gasteiger partial charge in [0.15, 0.2) is 6.61 Å². The van der Waals surface area contributed by atoms with Gasteiger partial charge in [0.05, 0.1) is 4.90 Å². The number of hydrogen-bond donors (Lipinski definition) is 2. The van der Waals surface area contributed by atoms with E-state index in [2.05, 4.69) is 0 Å². The van der Waals surface area contributed by atoms with Gasteiger partial charge in [0.25, 0.3) is 5.91 Å². The minimum atomic E-state index is -3.76. The molecule has 0 saturated heterocycles. The number of sulfonamides is 1. The number of primary amides is 1. The second-order valence-corrected chi connectivity index (χ2v) is 5.18. The molecule has 0 aliphatic heterocycles. The number of hydrogen-bond acceptors (Lipinski definition) is 4. The lowest BCUT2D eigenvalue weighted by Gasteiger charge is -2.11. The zero-order valence-electron chi connectivity index (χ0n) is 9.56. The molecule has 0 radical (unpaired) electrons. The van der Waals surface area contributed by atoms with Crippen LogP contribution in [-0.2, 0) is 14.8 Å². The number of primary sulfonamides is 1. The van der Waals surface area contributed by atoms with Crippen LogP contribution in [0.15, 0.2) is 17.0 Å². The van der Waals surface area contributed by atoms with Crippen LogP contribution < -0.4 is 15.6 Å². The van der Waals surface area contributed by atoms with Crippen LogP contribution in [0.5, 0.6) is 5.75 Å². The first kappa shape index (κ1) is 13.5. The third-order valence-electron chi connectivity index (χ3n) is 2.10. The molecule has 6 nitrogen and oxygen atoms in total. The fourth-order valence-corrected chi connectivity index (χ4v) is 2.61. The van der Waals surface area contributed by atoms with Gasteiger partial charge in [-0.25, -0.2) is 13.6 Å². The van der Waals surface area contributed by atoms with Crippen molar-refractivity contribution in [3.05, 3.63) is 23.3 Å². The number of nitrogens with two attached hydrogens (primary N) is 2. The van der Waals surface area contributed by atoms with E-state index in [4.69, 9.17) is 15.6 Å². The van der Waals surface area contributed by atoms with Crippen molar-refractivity contribution in [1.29, 1.82) is 0 Å². The van der Waals surface area contributed by atoms with Crippen molar-refractivity contribution in [2.45, 2.75) is 18.7 Å². The summed E-state index contributed by atoms with van der Waals surface area (Å²) in [5.74, 6) is -0.220. The number of amides is 1. The van der Waals surface area contributed by atoms with Gasteiger partial charge in [-0.3, -0.25) is 4.79 Å². The van der Waals surface area contributed by atoms with E-state index in [0.29, 0.717) is 16.9 Å². The molecule has 0 unspecified atom stereocenters. The van der Waals surface area contributed by atoms with Crippen molar-refractivity contribution in [1.82, 2.24) is 0 Å². The SMILES string of the molecule is Cc1cc(OCC(N)=O)cc(C)c1S(N)(=O)=O. The van der Waals surface area contributed by atoms with E-state index in [1.54, 1.807) is 13.8 Å². The zero-order valence-corrected chi connectivity index (χ0v) is 10.4. The van der Waals surface area contributed by atoms with E-state index in [1.165, 1.54) is 12.1 Å². The van der Waals surface area contributed by atoms with Crippen molar-refractivity contribution < 1.29 is 17.9 Å². The molecular formula is C10H14N2O4S. The summed E-state index contributed by atoms with van der Waals surface area (Å²) in [6, 6.07) is 2.99. The number of rotatable bonds is 4. The lowest BCUT2D eigenvalue weighted by atomic mass is 10.1. The molecule has 0 aliphatic carbocycles. The van der Waals surface area contributed by atoms with Gasteiger partial charge in [-0.05, 0) is 37.1 Å². The molecule has 94 valence electrons. The maximum atomic E-state index is 11.3. The first-order valence-electron chi connectivity index (χ1n) is 4.77. The van der Waals surface area contributed by atoms with Crippen LogP contribution >= 0.6 is 0 Å². The van der Waals surface area contributed by atoms with Crippen LogP contribution in [0.2, 0.25) is 0 Å². The number of benzene rings is 1. The summed E-state index contributed by atoms with van der Waals surface area (Å²) in [5.41, 5.74) is 5.87. The monoisotopic (exact) mass is 258 g/mol. The quantitative estimate of drug-likeness (QED) is 0.779. The van der Waals surface area contributed by atoms with Crippen LogP contribution in [0.4, 0.5) is 0 Å². The van der Waals surface area contributed by atoms with E-state index >= 15 is 0 Å². The molecule has 0 fully saturated rings. The van der Waals surface area contributed by atoms with Crippen LogP contribution in [0.3, 0.4) is 0 Å². The second kappa shape index (κ2) is 4.72. The van der Waals surface area contributed by atoms with Crippen molar-refractivity contribution in [2.24, 2.45) is 10.9 Å². The van der Waals surface area contributed by atoms with Crippen LogP contribution in [0.25, 0.3) is 0 Å². The minimum absolute atomic E-state index is 0.0731. The standard InChI is InChI=1S/C10H14N2O4S/c1-6-3-8(16-5-9(11)13)4-7(2)10(6)17(12,14)15/h3-4H,5H2,1-2H3,(H2,11,13)(H2,12,14,15). The molecule has 1 amide bonds. The van der Waals surface area contributed by atoms with Gasteiger partial charge in [0, 0.05) is 0 Å². The Morgan fingerprint density at radius 2 is 1.76 bits per heavy atom. The molecule has 0 aliphatic rings. The molecular weight excluding hydrogens is 244 g/mol. The Hall–Kier alpha value is -1.60. The average molecular weight is 258 g/mol. The Balaban J connectivity index is 3.15. The van der Waals surface area contributed by atoms with Gasteiger partial charge in [0.1, 0.15) is 5.75 Å². The van der Waals surface area contributed by atoms with Crippen molar-refractivity contribution in [3.63, 3.8) is 0 Å². The molecule has 0 bridgehead atoms. The molecule has 1 aromatic rings. The van der Waals surface area contributed by atoms with E-state index in [-0.39, 0.29) is 11.5 Å². The molecule has 0 spiro atoms.